The molecule has 0 amide bonds. The third-order valence-corrected chi connectivity index (χ3v) is 0.679. The predicted octanol–water partition coefficient (Wildman–Crippen LogP) is 0.324. The zero-order chi connectivity index (χ0) is 6.36. The summed E-state index contributed by atoms with van der Waals surface area (Å²) in [4.78, 5) is 6.52. The van der Waals surface area contributed by atoms with Gasteiger partial charge in [0.2, 0.25) is 0 Å². The standard InChI is InChI=1S/C5H6N4/c1-2-7-5-9-8-4-3-6-1/h1-6H. The summed E-state index contributed by atoms with van der Waals surface area (Å²) >= 11 is 0. The van der Waals surface area contributed by atoms with E-state index in [1.165, 1.54) is 6.33 Å². The Balaban J connectivity index is 3.04. The molecule has 0 aromatic carbocycles. The predicted molar refractivity (Wildman–Crippen MR) is 31.8 cm³/mol. The maximum atomic E-state index is 3.72. The minimum absolute atomic E-state index is 1.37. The Morgan fingerprint density at radius 3 is 2.89 bits per heavy atom. The van der Waals surface area contributed by atoms with Crippen LogP contribution in [0.25, 0.3) is 0 Å². The minimum Gasteiger partial charge on any atom is -0.365 e. The van der Waals surface area contributed by atoms with Gasteiger partial charge in [-0.25, -0.2) is 4.98 Å². The van der Waals surface area contributed by atoms with Gasteiger partial charge in [-0.3, -0.25) is 0 Å². The summed E-state index contributed by atoms with van der Waals surface area (Å²) in [6.07, 6.45) is 7.85. The monoisotopic (exact) mass is 122 g/mol. The van der Waals surface area contributed by atoms with E-state index in [2.05, 4.69) is 20.2 Å². The van der Waals surface area contributed by atoms with E-state index in [9.17, 15) is 0 Å². The molecule has 4 nitrogen and oxygen atoms in total. The summed E-state index contributed by atoms with van der Waals surface area (Å²) in [5.74, 6) is 0. The topological polar surface area (TPSA) is 54.5 Å². The van der Waals surface area contributed by atoms with Crippen LogP contribution in [0, 0.1) is 0 Å². The number of hydrogen-bond acceptors (Lipinski definition) is 3. The van der Waals surface area contributed by atoms with Crippen molar-refractivity contribution in [1.29, 1.82) is 0 Å². The van der Waals surface area contributed by atoms with Crippen molar-refractivity contribution < 1.29 is 0 Å². The zero-order valence-corrected chi connectivity index (χ0v) is 4.73. The smallest absolute Gasteiger partial charge is 0.138 e. The number of rotatable bonds is 0. The molecular formula is C5H6N4. The first-order valence-corrected chi connectivity index (χ1v) is 2.48. The van der Waals surface area contributed by atoms with Crippen molar-refractivity contribution in [2.45, 2.75) is 0 Å². The molecule has 1 aromatic heterocycles. The maximum Gasteiger partial charge on any atom is 0.138 e. The molecule has 46 valence electrons. The average molecular weight is 122 g/mol. The van der Waals surface area contributed by atoms with Crippen molar-refractivity contribution in [3.63, 3.8) is 0 Å². The molecule has 9 heavy (non-hydrogen) atoms. The Bertz CT molecular complexity index is 131. The van der Waals surface area contributed by atoms with Crippen LogP contribution in [0.1, 0.15) is 0 Å². The van der Waals surface area contributed by atoms with Crippen molar-refractivity contribution in [3.8, 4) is 0 Å². The highest BCUT2D eigenvalue weighted by molar-refractivity contribution is 4.64. The number of nitrogens with one attached hydrogen (secondary N) is 1. The Morgan fingerprint density at radius 1 is 1.00 bits per heavy atom. The Morgan fingerprint density at radius 2 is 1.89 bits per heavy atom. The number of aromatic amines is 1. The molecular weight excluding hydrogens is 116 g/mol. The quantitative estimate of drug-likeness (QED) is 0.539. The molecule has 0 bridgehead atoms. The highest BCUT2D eigenvalue weighted by atomic mass is 15.1. The third-order valence-electron chi connectivity index (χ3n) is 0.679. The molecule has 0 spiro atoms. The Kier molecular flexibility index (Phi) is 2.23. The summed E-state index contributed by atoms with van der Waals surface area (Å²) in [6, 6.07) is 0. The first kappa shape index (κ1) is 5.68. The zero-order valence-electron chi connectivity index (χ0n) is 4.73. The van der Waals surface area contributed by atoms with Crippen LogP contribution in [0.4, 0.5) is 0 Å². The summed E-state index contributed by atoms with van der Waals surface area (Å²) in [5, 5.41) is 7.13. The lowest BCUT2D eigenvalue weighted by Gasteiger charge is -1.63. The summed E-state index contributed by atoms with van der Waals surface area (Å²) in [6.45, 7) is 0. The summed E-state index contributed by atoms with van der Waals surface area (Å²) < 4.78 is 0. The SMILES string of the molecule is c1c[nH]ccnncn1. The molecule has 1 rings (SSSR count). The van der Waals surface area contributed by atoms with Crippen LogP contribution < -0.4 is 0 Å². The van der Waals surface area contributed by atoms with Crippen LogP contribution in [-0.4, -0.2) is 20.2 Å². The molecule has 0 aliphatic heterocycles. The van der Waals surface area contributed by atoms with Gasteiger partial charge in [0.05, 0.1) is 6.20 Å². The molecule has 1 aromatic rings. The van der Waals surface area contributed by atoms with Crippen LogP contribution in [0.2, 0.25) is 0 Å². The van der Waals surface area contributed by atoms with E-state index < -0.39 is 0 Å². The molecule has 0 atom stereocenters. The highest BCUT2D eigenvalue weighted by Gasteiger charge is 1.58. The lowest BCUT2D eigenvalue weighted by atomic mass is 10.9. The van der Waals surface area contributed by atoms with Gasteiger partial charge in [0.15, 0.2) is 0 Å². The van der Waals surface area contributed by atoms with E-state index in [0.717, 1.165) is 0 Å². The van der Waals surface area contributed by atoms with Gasteiger partial charge in [-0.1, -0.05) is 0 Å². The second-order valence-corrected chi connectivity index (χ2v) is 1.29. The van der Waals surface area contributed by atoms with Gasteiger partial charge in [0, 0.05) is 18.6 Å². The minimum atomic E-state index is 1.37. The van der Waals surface area contributed by atoms with E-state index in [1.54, 1.807) is 24.8 Å². The fourth-order valence-corrected chi connectivity index (χ4v) is 0.355. The van der Waals surface area contributed by atoms with Crippen LogP contribution in [0.3, 0.4) is 0 Å². The normalized spacial score (nSPS) is 8.00. The van der Waals surface area contributed by atoms with Gasteiger partial charge in [-0.15, -0.1) is 5.10 Å². The largest absolute Gasteiger partial charge is 0.365 e. The molecule has 0 radical (unpaired) electrons. The summed E-state index contributed by atoms with van der Waals surface area (Å²) in [7, 11) is 0. The van der Waals surface area contributed by atoms with Crippen LogP contribution in [0.15, 0.2) is 31.1 Å². The molecule has 0 saturated heterocycles. The Labute approximate surface area is 52.3 Å². The molecule has 0 saturated carbocycles. The van der Waals surface area contributed by atoms with Crippen molar-refractivity contribution in [3.05, 3.63) is 31.1 Å². The lowest BCUT2D eigenvalue weighted by molar-refractivity contribution is 1.01. The summed E-state index contributed by atoms with van der Waals surface area (Å²) in [5.41, 5.74) is 0. The molecule has 1 N–H and O–H groups in total. The molecule has 0 aliphatic rings. The number of hydrogen-bond donors (Lipinski definition) is 1. The molecule has 0 unspecified atom stereocenters. The van der Waals surface area contributed by atoms with E-state index in [1.807, 2.05) is 0 Å². The molecule has 0 fully saturated rings. The first-order valence-electron chi connectivity index (χ1n) is 2.48. The van der Waals surface area contributed by atoms with Crippen molar-refractivity contribution >= 4 is 0 Å². The van der Waals surface area contributed by atoms with Crippen molar-refractivity contribution in [2.24, 2.45) is 0 Å². The van der Waals surface area contributed by atoms with Gasteiger partial charge < -0.3 is 4.98 Å². The average Bonchev–Trinajstić information content (AvgIpc) is 2.00. The van der Waals surface area contributed by atoms with Crippen LogP contribution in [0.5, 0.6) is 0 Å². The fraction of sp³-hybridized carbons (Fsp3) is 0. The second kappa shape index (κ2) is 3.54. The lowest BCUT2D eigenvalue weighted by Crippen LogP contribution is -1.68. The molecule has 0 aliphatic carbocycles. The molecule has 1 heterocycles. The maximum absolute atomic E-state index is 3.72. The van der Waals surface area contributed by atoms with Crippen LogP contribution >= 0.6 is 0 Å². The molecule has 4 heteroatoms. The number of H-pyrrole nitrogens is 1. The van der Waals surface area contributed by atoms with Gasteiger partial charge in [-0.05, 0) is 0 Å². The number of nitrogens with zero attached hydrogens (tertiary/aromatic N) is 3. The van der Waals surface area contributed by atoms with Gasteiger partial charge in [0.25, 0.3) is 0 Å². The van der Waals surface area contributed by atoms with E-state index in [4.69, 9.17) is 0 Å². The second-order valence-electron chi connectivity index (χ2n) is 1.29. The Hall–Kier alpha value is -1.45. The van der Waals surface area contributed by atoms with Crippen LogP contribution in [-0.2, 0) is 0 Å². The van der Waals surface area contributed by atoms with Crippen molar-refractivity contribution in [2.75, 3.05) is 0 Å². The van der Waals surface area contributed by atoms with E-state index in [0.29, 0.717) is 0 Å². The van der Waals surface area contributed by atoms with Gasteiger partial charge in [-0.2, -0.15) is 5.10 Å². The first-order chi connectivity index (χ1) is 4.50. The van der Waals surface area contributed by atoms with Gasteiger partial charge >= 0.3 is 0 Å². The highest BCUT2D eigenvalue weighted by Crippen LogP contribution is 1.62. The van der Waals surface area contributed by atoms with E-state index >= 15 is 0 Å². The third kappa shape index (κ3) is 2.38. The van der Waals surface area contributed by atoms with Gasteiger partial charge in [0.1, 0.15) is 6.33 Å². The number of aromatic nitrogens is 4. The van der Waals surface area contributed by atoms with E-state index in [-0.39, 0.29) is 0 Å². The fourth-order valence-electron chi connectivity index (χ4n) is 0.355. The van der Waals surface area contributed by atoms with Crippen molar-refractivity contribution in [1.82, 2.24) is 20.2 Å².